The van der Waals surface area contributed by atoms with E-state index in [4.69, 9.17) is 9.47 Å². The Morgan fingerprint density at radius 3 is 2.53 bits per heavy atom. The van der Waals surface area contributed by atoms with E-state index in [9.17, 15) is 0 Å². The van der Waals surface area contributed by atoms with Crippen LogP contribution in [0.5, 0.6) is 11.5 Å². The fourth-order valence-corrected chi connectivity index (χ4v) is 0.936. The summed E-state index contributed by atoms with van der Waals surface area (Å²) in [7, 11) is 1.63. The predicted octanol–water partition coefficient (Wildman–Crippen LogP) is -0.847. The first-order chi connectivity index (χ1) is 6.24. The molecule has 0 saturated heterocycles. The van der Waals surface area contributed by atoms with Crippen LogP contribution in [0.2, 0.25) is 0 Å². The molecule has 0 aliphatic rings. The van der Waals surface area contributed by atoms with Gasteiger partial charge in [0.2, 0.25) is 0 Å². The third kappa shape index (κ3) is 6.27. The van der Waals surface area contributed by atoms with E-state index in [1.165, 1.54) is 0 Å². The Morgan fingerprint density at radius 2 is 2.00 bits per heavy atom. The smallest absolute Gasteiger partial charge is 1.00 e. The minimum atomic E-state index is 0. The summed E-state index contributed by atoms with van der Waals surface area (Å²) in [6.07, 6.45) is 0. The molecule has 0 saturated carbocycles. The van der Waals surface area contributed by atoms with E-state index in [0.717, 1.165) is 11.5 Å². The second kappa shape index (κ2) is 9.30. The number of halogens is 1. The maximum atomic E-state index is 5.54. The number of ether oxygens (including phenoxy) is 2. The van der Waals surface area contributed by atoms with Gasteiger partial charge in [-0.1, -0.05) is 13.8 Å². The molecule has 0 amide bonds. The topological polar surface area (TPSA) is 18.5 Å². The van der Waals surface area contributed by atoms with E-state index in [1.54, 1.807) is 13.2 Å². The molecule has 0 atom stereocenters. The van der Waals surface area contributed by atoms with E-state index in [0.29, 0.717) is 12.5 Å². The summed E-state index contributed by atoms with van der Waals surface area (Å²) < 4.78 is 10.7. The van der Waals surface area contributed by atoms with Gasteiger partial charge in [0.25, 0.3) is 0 Å². The molecule has 2 nitrogen and oxygen atoms in total. The zero-order chi connectivity index (χ0) is 9.68. The van der Waals surface area contributed by atoms with Crippen molar-refractivity contribution in [1.29, 1.82) is 0 Å². The molecule has 0 aliphatic carbocycles. The number of hydrogen-bond donors (Lipinski definition) is 0. The van der Waals surface area contributed by atoms with Gasteiger partial charge in [0.1, 0.15) is 0 Å². The molecular weight excluding hydrogens is 268 g/mol. The summed E-state index contributed by atoms with van der Waals surface area (Å²) in [6.45, 7) is 4.93. The van der Waals surface area contributed by atoms with E-state index >= 15 is 0 Å². The van der Waals surface area contributed by atoms with E-state index in [2.05, 4.69) is 19.9 Å². The van der Waals surface area contributed by atoms with Crippen LogP contribution >= 0.6 is 0 Å². The van der Waals surface area contributed by atoms with E-state index in [-0.39, 0.29) is 40.0 Å². The third-order valence-electron chi connectivity index (χ3n) is 1.58. The van der Waals surface area contributed by atoms with Gasteiger partial charge in [-0.15, -0.1) is 12.1 Å². The molecule has 1 aromatic carbocycles. The standard InChI is InChI=1S/C11H15O2.BrH.Mg/c1-9(2)8-13-11-7-5-4-6-10(11)12-3;;/h5-7,9H,8H2,1-3H3;1H;/q-1;;+2/p-1. The molecule has 80 valence electrons. The number of methoxy groups -OCH3 is 1. The molecule has 4 heteroatoms. The van der Waals surface area contributed by atoms with Gasteiger partial charge in [0, 0.05) is 5.75 Å². The maximum Gasteiger partial charge on any atom is 2.00 e. The van der Waals surface area contributed by atoms with Crippen molar-refractivity contribution in [1.82, 2.24) is 0 Å². The van der Waals surface area contributed by atoms with Crippen molar-refractivity contribution < 1.29 is 26.5 Å². The van der Waals surface area contributed by atoms with Crippen LogP contribution in [0.15, 0.2) is 18.2 Å². The van der Waals surface area contributed by atoms with Crippen LogP contribution in [-0.4, -0.2) is 36.8 Å². The molecule has 0 N–H and O–H groups in total. The molecule has 0 heterocycles. The average molecular weight is 283 g/mol. The molecule has 0 fully saturated rings. The molecule has 1 aromatic rings. The Bertz CT molecular complexity index is 267. The van der Waals surface area contributed by atoms with Crippen LogP contribution in [0.25, 0.3) is 0 Å². The van der Waals surface area contributed by atoms with Crippen LogP contribution in [0, 0.1) is 12.0 Å². The van der Waals surface area contributed by atoms with Crippen LogP contribution < -0.4 is 26.5 Å². The summed E-state index contributed by atoms with van der Waals surface area (Å²) in [5.74, 6) is 2.05. The largest absolute Gasteiger partial charge is 2.00 e. The fraction of sp³-hybridized carbons (Fsp3) is 0.455. The molecule has 0 aliphatic heterocycles. The first-order valence-electron chi connectivity index (χ1n) is 4.41. The van der Waals surface area contributed by atoms with Gasteiger partial charge >= 0.3 is 23.1 Å². The molecule has 0 spiro atoms. The first kappa shape index (κ1) is 17.5. The third-order valence-corrected chi connectivity index (χ3v) is 1.58. The van der Waals surface area contributed by atoms with Gasteiger partial charge in [0.05, 0.1) is 19.5 Å². The predicted molar refractivity (Wildman–Crippen MR) is 57.9 cm³/mol. The van der Waals surface area contributed by atoms with Crippen molar-refractivity contribution in [2.24, 2.45) is 5.92 Å². The van der Waals surface area contributed by atoms with Crippen molar-refractivity contribution in [3.8, 4) is 11.5 Å². The van der Waals surface area contributed by atoms with Gasteiger partial charge in [-0.25, -0.2) is 0 Å². The minimum absolute atomic E-state index is 0. The molecule has 0 aromatic heterocycles. The minimum Gasteiger partial charge on any atom is -1.00 e. The molecule has 0 bridgehead atoms. The van der Waals surface area contributed by atoms with Crippen LogP contribution in [0.1, 0.15) is 13.8 Å². The number of hydrogen-bond acceptors (Lipinski definition) is 2. The number of rotatable bonds is 4. The van der Waals surface area contributed by atoms with Crippen LogP contribution in [0.3, 0.4) is 0 Å². The van der Waals surface area contributed by atoms with Crippen molar-refractivity contribution in [3.63, 3.8) is 0 Å². The summed E-state index contributed by atoms with van der Waals surface area (Å²) in [5, 5.41) is 0. The Kier molecular flexibility index (Phi) is 10.8. The second-order valence-electron chi connectivity index (χ2n) is 3.28. The molecular formula is C11H15BrMgO2. The first-order valence-corrected chi connectivity index (χ1v) is 4.41. The van der Waals surface area contributed by atoms with E-state index in [1.807, 2.05) is 12.1 Å². The van der Waals surface area contributed by atoms with Crippen molar-refractivity contribution in [3.05, 3.63) is 24.3 Å². The Morgan fingerprint density at radius 1 is 1.33 bits per heavy atom. The van der Waals surface area contributed by atoms with Gasteiger partial charge in [-0.3, -0.25) is 0 Å². The fourth-order valence-electron chi connectivity index (χ4n) is 0.936. The SMILES string of the molecule is COc1c[c-]ccc1OCC(C)C.[Br-].[Mg+2]. The summed E-state index contributed by atoms with van der Waals surface area (Å²) in [5.41, 5.74) is 0. The molecule has 0 radical (unpaired) electrons. The monoisotopic (exact) mass is 282 g/mol. The van der Waals surface area contributed by atoms with Gasteiger partial charge in [0.15, 0.2) is 0 Å². The van der Waals surface area contributed by atoms with Crippen molar-refractivity contribution >= 4 is 23.1 Å². The number of benzene rings is 1. The second-order valence-corrected chi connectivity index (χ2v) is 3.28. The summed E-state index contributed by atoms with van der Waals surface area (Å²) in [4.78, 5) is 0. The molecule has 1 rings (SSSR count). The zero-order valence-corrected chi connectivity index (χ0v) is 12.4. The summed E-state index contributed by atoms with van der Waals surface area (Å²) >= 11 is 0. The van der Waals surface area contributed by atoms with Gasteiger partial charge in [-0.05, 0) is 5.92 Å². The molecule has 15 heavy (non-hydrogen) atoms. The van der Waals surface area contributed by atoms with E-state index < -0.39 is 0 Å². The quantitative estimate of drug-likeness (QED) is 0.530. The Balaban J connectivity index is 0. The Hall–Kier alpha value is 0.0662. The summed E-state index contributed by atoms with van der Waals surface area (Å²) in [6, 6.07) is 8.39. The normalized spacial score (nSPS) is 8.80. The maximum absolute atomic E-state index is 5.54. The van der Waals surface area contributed by atoms with Crippen LogP contribution in [0.4, 0.5) is 0 Å². The van der Waals surface area contributed by atoms with Gasteiger partial charge < -0.3 is 26.5 Å². The van der Waals surface area contributed by atoms with Gasteiger partial charge in [-0.2, -0.15) is 12.1 Å². The van der Waals surface area contributed by atoms with Crippen molar-refractivity contribution in [2.75, 3.05) is 13.7 Å². The zero-order valence-electron chi connectivity index (χ0n) is 9.42. The Labute approximate surface area is 118 Å². The average Bonchev–Trinajstić information content (AvgIpc) is 2.15. The molecule has 0 unspecified atom stereocenters. The van der Waals surface area contributed by atoms with Crippen molar-refractivity contribution in [2.45, 2.75) is 13.8 Å². The van der Waals surface area contributed by atoms with Crippen LogP contribution in [-0.2, 0) is 0 Å².